The zero-order valence-electron chi connectivity index (χ0n) is 13.4. The minimum atomic E-state index is -0.0309. The molecule has 0 spiro atoms. The second kappa shape index (κ2) is 5.50. The van der Waals surface area contributed by atoms with Gasteiger partial charge in [0.05, 0.1) is 17.2 Å². The van der Waals surface area contributed by atoms with Crippen LogP contribution in [0.2, 0.25) is 0 Å². The van der Waals surface area contributed by atoms with Gasteiger partial charge >= 0.3 is 0 Å². The average Bonchev–Trinajstić information content (AvgIpc) is 3.16. The molecule has 5 nitrogen and oxygen atoms in total. The number of thiazole rings is 1. The molecule has 0 bridgehead atoms. The maximum Gasteiger partial charge on any atom is 0.266 e. The molecule has 118 valence electrons. The molecule has 0 radical (unpaired) electrons. The summed E-state index contributed by atoms with van der Waals surface area (Å²) < 4.78 is 5.16. The molecular formula is C16H21N3O2S. The Balaban J connectivity index is 1.83. The molecule has 0 unspecified atom stereocenters. The molecular weight excluding hydrogens is 298 g/mol. The van der Waals surface area contributed by atoms with Gasteiger partial charge in [0.1, 0.15) is 16.3 Å². The quantitative estimate of drug-likeness (QED) is 0.846. The topological polar surface area (TPSA) is 59.2 Å². The number of nitrogens with zero attached hydrogens (tertiary/aromatic N) is 3. The van der Waals surface area contributed by atoms with Crippen molar-refractivity contribution >= 4 is 17.2 Å². The minimum absolute atomic E-state index is 0.0186. The smallest absolute Gasteiger partial charge is 0.266 e. The molecule has 3 rings (SSSR count). The number of aromatic nitrogens is 2. The van der Waals surface area contributed by atoms with Gasteiger partial charge in [0.15, 0.2) is 0 Å². The highest BCUT2D eigenvalue weighted by Gasteiger charge is 2.34. The van der Waals surface area contributed by atoms with Crippen LogP contribution in [0.15, 0.2) is 16.8 Å². The first-order valence-electron chi connectivity index (χ1n) is 7.57. The Kier molecular flexibility index (Phi) is 3.80. The number of likely N-dealkylation sites (tertiary alicyclic amines) is 1. The first-order chi connectivity index (χ1) is 10.4. The van der Waals surface area contributed by atoms with Crippen LogP contribution in [0.5, 0.6) is 0 Å². The molecule has 22 heavy (non-hydrogen) atoms. The number of hydrogen-bond acceptors (Lipinski definition) is 5. The lowest BCUT2D eigenvalue weighted by Gasteiger charge is -2.22. The number of aryl methyl sites for hydroxylation is 1. The van der Waals surface area contributed by atoms with E-state index in [0.717, 1.165) is 35.8 Å². The van der Waals surface area contributed by atoms with Gasteiger partial charge < -0.3 is 9.42 Å². The van der Waals surface area contributed by atoms with Crippen molar-refractivity contribution in [1.82, 2.24) is 15.0 Å². The van der Waals surface area contributed by atoms with Crippen molar-refractivity contribution in [3.63, 3.8) is 0 Å². The summed E-state index contributed by atoms with van der Waals surface area (Å²) in [6.07, 6.45) is 3.63. The Labute approximate surface area is 134 Å². The molecule has 0 saturated carbocycles. The van der Waals surface area contributed by atoms with Crippen LogP contribution in [-0.2, 0) is 5.41 Å². The first kappa shape index (κ1) is 15.2. The number of carbonyl (C=O) groups excluding carboxylic acids is 1. The van der Waals surface area contributed by atoms with E-state index in [1.54, 1.807) is 6.20 Å². The number of carbonyl (C=O) groups is 1. The summed E-state index contributed by atoms with van der Waals surface area (Å²) in [5.74, 6) is 0.832. The predicted molar refractivity (Wildman–Crippen MR) is 85.1 cm³/mol. The standard InChI is InChI=1S/C16H21N3O2S/c1-10-8-11(18-21-10)12-6-5-7-19(12)14(20)13-9-17-15(22-13)16(2,3)4/h8-9,12H,5-7H2,1-4H3/t12-/m1/s1. The van der Waals surface area contributed by atoms with Crippen molar-refractivity contribution in [2.45, 2.75) is 52.0 Å². The van der Waals surface area contributed by atoms with E-state index in [0.29, 0.717) is 4.88 Å². The lowest BCUT2D eigenvalue weighted by atomic mass is 9.98. The van der Waals surface area contributed by atoms with Gasteiger partial charge in [0.25, 0.3) is 5.91 Å². The SMILES string of the molecule is Cc1cc([C@H]2CCCN2C(=O)c2cnc(C(C)(C)C)s2)no1. The van der Waals surface area contributed by atoms with Crippen molar-refractivity contribution in [3.05, 3.63) is 33.6 Å². The zero-order valence-corrected chi connectivity index (χ0v) is 14.2. The summed E-state index contributed by atoms with van der Waals surface area (Å²) >= 11 is 1.49. The third kappa shape index (κ3) is 2.79. The number of hydrogen-bond donors (Lipinski definition) is 0. The summed E-state index contributed by atoms with van der Waals surface area (Å²) in [6, 6.07) is 1.94. The molecule has 1 amide bonds. The second-order valence-corrected chi connectivity index (χ2v) is 7.83. The Morgan fingerprint density at radius 3 is 2.82 bits per heavy atom. The van der Waals surface area contributed by atoms with Gasteiger partial charge in [-0.1, -0.05) is 25.9 Å². The molecule has 1 atom stereocenters. The predicted octanol–water partition coefficient (Wildman–Crippen LogP) is 3.71. The highest BCUT2D eigenvalue weighted by molar-refractivity contribution is 7.13. The van der Waals surface area contributed by atoms with Gasteiger partial charge in [-0.2, -0.15) is 0 Å². The van der Waals surface area contributed by atoms with E-state index < -0.39 is 0 Å². The van der Waals surface area contributed by atoms with Crippen LogP contribution >= 0.6 is 11.3 Å². The van der Waals surface area contributed by atoms with E-state index in [9.17, 15) is 4.79 Å². The van der Waals surface area contributed by atoms with Crippen molar-refractivity contribution in [2.75, 3.05) is 6.54 Å². The van der Waals surface area contributed by atoms with E-state index in [-0.39, 0.29) is 17.4 Å². The molecule has 0 aromatic carbocycles. The lowest BCUT2D eigenvalue weighted by Crippen LogP contribution is -2.30. The third-order valence-electron chi connectivity index (χ3n) is 3.86. The second-order valence-electron chi connectivity index (χ2n) is 6.80. The van der Waals surface area contributed by atoms with Crippen LogP contribution in [0.25, 0.3) is 0 Å². The highest BCUT2D eigenvalue weighted by Crippen LogP contribution is 2.34. The van der Waals surface area contributed by atoms with Gasteiger partial charge in [-0.05, 0) is 19.8 Å². The van der Waals surface area contributed by atoms with Gasteiger partial charge in [0.2, 0.25) is 0 Å². The number of amides is 1. The Morgan fingerprint density at radius 1 is 1.45 bits per heavy atom. The van der Waals surface area contributed by atoms with Crippen LogP contribution in [0.1, 0.15) is 65.8 Å². The largest absolute Gasteiger partial charge is 0.361 e. The average molecular weight is 319 g/mol. The van der Waals surface area contributed by atoms with E-state index >= 15 is 0 Å². The van der Waals surface area contributed by atoms with Crippen molar-refractivity contribution in [3.8, 4) is 0 Å². The van der Waals surface area contributed by atoms with Gasteiger partial charge in [0, 0.05) is 18.0 Å². The van der Waals surface area contributed by atoms with Gasteiger partial charge in [-0.15, -0.1) is 11.3 Å². The Hall–Kier alpha value is -1.69. The van der Waals surface area contributed by atoms with Crippen LogP contribution < -0.4 is 0 Å². The summed E-state index contributed by atoms with van der Waals surface area (Å²) in [7, 11) is 0. The summed E-state index contributed by atoms with van der Waals surface area (Å²) in [5, 5.41) is 5.08. The van der Waals surface area contributed by atoms with Crippen LogP contribution in [0.4, 0.5) is 0 Å². The van der Waals surface area contributed by atoms with Crippen molar-refractivity contribution in [2.24, 2.45) is 0 Å². The van der Waals surface area contributed by atoms with Crippen LogP contribution in [0, 0.1) is 6.92 Å². The zero-order chi connectivity index (χ0) is 15.9. The summed E-state index contributed by atoms with van der Waals surface area (Å²) in [5.41, 5.74) is 0.820. The van der Waals surface area contributed by atoms with Gasteiger partial charge in [-0.3, -0.25) is 4.79 Å². The number of rotatable bonds is 2. The molecule has 1 fully saturated rings. The summed E-state index contributed by atoms with van der Waals surface area (Å²) in [4.78, 5) is 19.8. The Morgan fingerprint density at radius 2 is 2.23 bits per heavy atom. The monoisotopic (exact) mass is 319 g/mol. The van der Waals surface area contributed by atoms with Crippen molar-refractivity contribution in [1.29, 1.82) is 0 Å². The fourth-order valence-corrected chi connectivity index (χ4v) is 3.65. The summed E-state index contributed by atoms with van der Waals surface area (Å²) in [6.45, 7) is 8.96. The van der Waals surface area contributed by atoms with E-state index in [4.69, 9.17) is 4.52 Å². The molecule has 3 heterocycles. The Bertz CT molecular complexity index is 684. The van der Waals surface area contributed by atoms with Crippen LogP contribution in [-0.4, -0.2) is 27.5 Å². The van der Waals surface area contributed by atoms with E-state index in [1.165, 1.54) is 11.3 Å². The normalized spacial score (nSPS) is 18.9. The van der Waals surface area contributed by atoms with Crippen molar-refractivity contribution < 1.29 is 9.32 Å². The molecule has 1 aliphatic rings. The maximum absolute atomic E-state index is 12.8. The highest BCUT2D eigenvalue weighted by atomic mass is 32.1. The molecule has 0 aliphatic carbocycles. The molecule has 2 aromatic rings. The fraction of sp³-hybridized carbons (Fsp3) is 0.562. The maximum atomic E-state index is 12.8. The lowest BCUT2D eigenvalue weighted by molar-refractivity contribution is 0.0735. The third-order valence-corrected chi connectivity index (χ3v) is 5.27. The molecule has 1 aliphatic heterocycles. The fourth-order valence-electron chi connectivity index (χ4n) is 2.72. The minimum Gasteiger partial charge on any atom is -0.361 e. The first-order valence-corrected chi connectivity index (χ1v) is 8.38. The molecule has 6 heteroatoms. The molecule has 1 saturated heterocycles. The van der Waals surface area contributed by atoms with E-state index in [1.807, 2.05) is 17.9 Å². The molecule has 2 aromatic heterocycles. The van der Waals surface area contributed by atoms with Crippen LogP contribution in [0.3, 0.4) is 0 Å². The van der Waals surface area contributed by atoms with Gasteiger partial charge in [-0.25, -0.2) is 4.98 Å². The van der Waals surface area contributed by atoms with E-state index in [2.05, 4.69) is 30.9 Å². The molecule has 0 N–H and O–H groups in total.